The molecule has 2 fully saturated rings. The van der Waals surface area contributed by atoms with Gasteiger partial charge in [0, 0.05) is 25.3 Å². The largest absolute Gasteiger partial charge is 0.378 e. The van der Waals surface area contributed by atoms with Gasteiger partial charge in [0.15, 0.2) is 0 Å². The number of nitrogens with zero attached hydrogens (tertiary/aromatic N) is 3. The van der Waals surface area contributed by atoms with Gasteiger partial charge < -0.3 is 9.64 Å². The van der Waals surface area contributed by atoms with E-state index in [1.807, 2.05) is 0 Å². The monoisotopic (exact) mass is 261 g/mol. The third-order valence-corrected chi connectivity index (χ3v) is 4.26. The number of morpholine rings is 1. The highest BCUT2D eigenvalue weighted by Gasteiger charge is 2.24. The molecule has 2 aliphatic heterocycles. The van der Waals surface area contributed by atoms with Crippen molar-refractivity contribution in [2.45, 2.75) is 25.8 Å². The summed E-state index contributed by atoms with van der Waals surface area (Å²) in [6.45, 7) is 8.15. The minimum absolute atomic E-state index is 0.580. The molecule has 0 unspecified atom stereocenters. The van der Waals surface area contributed by atoms with Crippen molar-refractivity contribution >= 4 is 5.82 Å². The Morgan fingerprint density at radius 3 is 2.79 bits per heavy atom. The lowest BCUT2D eigenvalue weighted by atomic mass is 10.1. The number of pyridine rings is 1. The summed E-state index contributed by atoms with van der Waals surface area (Å²) in [6.07, 6.45) is 4.65. The zero-order chi connectivity index (χ0) is 13.1. The Morgan fingerprint density at radius 1 is 1.26 bits per heavy atom. The first-order valence-corrected chi connectivity index (χ1v) is 7.41. The molecule has 0 aromatic carbocycles. The maximum atomic E-state index is 5.38. The van der Waals surface area contributed by atoms with Crippen molar-refractivity contribution in [3.8, 4) is 0 Å². The summed E-state index contributed by atoms with van der Waals surface area (Å²) in [7, 11) is 0. The Kier molecular flexibility index (Phi) is 3.99. The van der Waals surface area contributed by atoms with Crippen LogP contribution in [0.3, 0.4) is 0 Å². The molecule has 19 heavy (non-hydrogen) atoms. The van der Waals surface area contributed by atoms with Crippen molar-refractivity contribution < 1.29 is 4.74 Å². The third kappa shape index (κ3) is 2.74. The van der Waals surface area contributed by atoms with Gasteiger partial charge in [0.2, 0.25) is 0 Å². The Morgan fingerprint density at radius 2 is 2.11 bits per heavy atom. The summed E-state index contributed by atoms with van der Waals surface area (Å²) < 4.78 is 5.38. The second-order valence-electron chi connectivity index (χ2n) is 5.34. The minimum Gasteiger partial charge on any atom is -0.378 e. The van der Waals surface area contributed by atoms with E-state index in [1.54, 1.807) is 0 Å². The summed E-state index contributed by atoms with van der Waals surface area (Å²) >= 11 is 0. The lowest BCUT2D eigenvalue weighted by Crippen LogP contribution is -2.36. The maximum Gasteiger partial charge on any atom is 0.128 e. The van der Waals surface area contributed by atoms with E-state index in [2.05, 4.69) is 40.0 Å². The highest BCUT2D eigenvalue weighted by atomic mass is 16.5. The van der Waals surface area contributed by atoms with Crippen LogP contribution in [0.5, 0.6) is 0 Å². The highest BCUT2D eigenvalue weighted by Crippen LogP contribution is 2.31. The lowest BCUT2D eigenvalue weighted by molar-refractivity contribution is 0.122. The van der Waals surface area contributed by atoms with Gasteiger partial charge in [-0.1, -0.05) is 13.0 Å². The summed E-state index contributed by atoms with van der Waals surface area (Å²) in [5.74, 6) is 1.09. The lowest BCUT2D eigenvalue weighted by Gasteiger charge is -2.28. The van der Waals surface area contributed by atoms with Crippen LogP contribution in [0.25, 0.3) is 0 Å². The van der Waals surface area contributed by atoms with Gasteiger partial charge in [-0.2, -0.15) is 0 Å². The number of likely N-dealkylation sites (tertiary alicyclic amines) is 1. The van der Waals surface area contributed by atoms with Gasteiger partial charge in [0.1, 0.15) is 5.82 Å². The average molecular weight is 261 g/mol. The molecule has 4 heteroatoms. The summed E-state index contributed by atoms with van der Waals surface area (Å²) in [6, 6.07) is 5.01. The van der Waals surface area contributed by atoms with Crippen molar-refractivity contribution in [3.05, 3.63) is 23.9 Å². The summed E-state index contributed by atoms with van der Waals surface area (Å²) in [5, 5.41) is 0. The van der Waals surface area contributed by atoms with Gasteiger partial charge in [-0.05, 0) is 37.6 Å². The summed E-state index contributed by atoms with van der Waals surface area (Å²) in [5.41, 5.74) is 1.37. The van der Waals surface area contributed by atoms with Crippen LogP contribution in [-0.4, -0.2) is 49.3 Å². The number of rotatable bonds is 3. The van der Waals surface area contributed by atoms with Crippen molar-refractivity contribution in [2.24, 2.45) is 0 Å². The predicted octanol–water partition coefficient (Wildman–Crippen LogP) is 2.08. The van der Waals surface area contributed by atoms with Crippen molar-refractivity contribution in [3.63, 3.8) is 0 Å². The van der Waals surface area contributed by atoms with E-state index in [0.29, 0.717) is 6.04 Å². The Hall–Kier alpha value is -1.13. The van der Waals surface area contributed by atoms with Crippen LogP contribution in [0.4, 0.5) is 5.82 Å². The molecule has 104 valence electrons. The molecule has 2 saturated heterocycles. The molecule has 0 N–H and O–H groups in total. The Bertz CT molecular complexity index is 400. The molecule has 3 heterocycles. The van der Waals surface area contributed by atoms with Gasteiger partial charge >= 0.3 is 0 Å². The predicted molar refractivity (Wildman–Crippen MR) is 76.5 cm³/mol. The SMILES string of the molecule is CCN1CCC[C@H]1c1ccc(N2CCOCC2)nc1. The first kappa shape index (κ1) is 12.9. The number of hydrogen-bond acceptors (Lipinski definition) is 4. The first-order valence-electron chi connectivity index (χ1n) is 7.41. The van der Waals surface area contributed by atoms with E-state index in [9.17, 15) is 0 Å². The van der Waals surface area contributed by atoms with Gasteiger partial charge in [0.05, 0.1) is 13.2 Å². The fraction of sp³-hybridized carbons (Fsp3) is 0.667. The van der Waals surface area contributed by atoms with Crippen LogP contribution in [-0.2, 0) is 4.74 Å². The summed E-state index contributed by atoms with van der Waals surface area (Å²) in [4.78, 5) is 9.51. The topological polar surface area (TPSA) is 28.6 Å². The van der Waals surface area contributed by atoms with Crippen LogP contribution < -0.4 is 4.90 Å². The zero-order valence-electron chi connectivity index (χ0n) is 11.7. The molecule has 0 bridgehead atoms. The van der Waals surface area contributed by atoms with E-state index in [4.69, 9.17) is 4.74 Å². The number of hydrogen-bond donors (Lipinski definition) is 0. The molecule has 1 aromatic rings. The molecule has 0 spiro atoms. The quantitative estimate of drug-likeness (QED) is 0.833. The molecule has 4 nitrogen and oxygen atoms in total. The average Bonchev–Trinajstić information content (AvgIpc) is 2.97. The fourth-order valence-corrected chi connectivity index (χ4v) is 3.16. The van der Waals surface area contributed by atoms with Crippen LogP contribution >= 0.6 is 0 Å². The highest BCUT2D eigenvalue weighted by molar-refractivity contribution is 5.40. The molecule has 3 rings (SSSR count). The third-order valence-electron chi connectivity index (χ3n) is 4.26. The first-order chi connectivity index (χ1) is 9.38. The number of ether oxygens (including phenoxy) is 1. The number of anilines is 1. The standard InChI is InChI=1S/C15H23N3O/c1-2-17-7-3-4-14(17)13-5-6-15(16-12-13)18-8-10-19-11-9-18/h5-6,12,14H,2-4,7-11H2,1H3/t14-/m0/s1. The molecular formula is C15H23N3O. The molecular weight excluding hydrogens is 238 g/mol. The van der Waals surface area contributed by atoms with Crippen molar-refractivity contribution in [2.75, 3.05) is 44.3 Å². The second kappa shape index (κ2) is 5.88. The molecule has 0 amide bonds. The molecule has 1 atom stereocenters. The molecule has 0 aliphatic carbocycles. The Balaban J connectivity index is 1.71. The van der Waals surface area contributed by atoms with Crippen molar-refractivity contribution in [1.82, 2.24) is 9.88 Å². The number of aromatic nitrogens is 1. The van der Waals surface area contributed by atoms with E-state index < -0.39 is 0 Å². The maximum absolute atomic E-state index is 5.38. The minimum atomic E-state index is 0.580. The van der Waals surface area contributed by atoms with Gasteiger partial charge in [0.25, 0.3) is 0 Å². The molecule has 1 aromatic heterocycles. The molecule has 0 saturated carbocycles. The molecule has 0 radical (unpaired) electrons. The van der Waals surface area contributed by atoms with Crippen LogP contribution in [0, 0.1) is 0 Å². The second-order valence-corrected chi connectivity index (χ2v) is 5.34. The molecule has 2 aliphatic rings. The van der Waals surface area contributed by atoms with E-state index in [-0.39, 0.29) is 0 Å². The van der Waals surface area contributed by atoms with E-state index >= 15 is 0 Å². The van der Waals surface area contributed by atoms with Gasteiger partial charge in [-0.25, -0.2) is 4.98 Å². The fourth-order valence-electron chi connectivity index (χ4n) is 3.16. The van der Waals surface area contributed by atoms with E-state index in [0.717, 1.165) is 38.7 Å². The van der Waals surface area contributed by atoms with Crippen molar-refractivity contribution in [1.29, 1.82) is 0 Å². The normalized spacial score (nSPS) is 24.9. The van der Waals surface area contributed by atoms with Crippen LogP contribution in [0.2, 0.25) is 0 Å². The Labute approximate surface area is 115 Å². The van der Waals surface area contributed by atoms with Gasteiger partial charge in [-0.3, -0.25) is 4.90 Å². The van der Waals surface area contributed by atoms with Crippen LogP contribution in [0.15, 0.2) is 18.3 Å². The van der Waals surface area contributed by atoms with Gasteiger partial charge in [-0.15, -0.1) is 0 Å². The van der Waals surface area contributed by atoms with Crippen LogP contribution in [0.1, 0.15) is 31.4 Å². The zero-order valence-corrected chi connectivity index (χ0v) is 11.7. The smallest absolute Gasteiger partial charge is 0.128 e. The van der Waals surface area contributed by atoms with E-state index in [1.165, 1.54) is 24.9 Å².